The first-order chi connectivity index (χ1) is 8.18. The fourth-order valence-electron chi connectivity index (χ4n) is 0.368. The van der Waals surface area contributed by atoms with Crippen LogP contribution in [0.3, 0.4) is 0 Å². The summed E-state index contributed by atoms with van der Waals surface area (Å²) in [6, 6.07) is -0.683. The largest absolute Gasteiger partial charge is 2.00 e. The molecule has 0 aliphatic carbocycles. The van der Waals surface area contributed by atoms with Gasteiger partial charge in [-0.1, -0.05) is 0 Å². The number of phosphoric acid groups is 2. The monoisotopic (exact) mass is 367 g/mol. The van der Waals surface area contributed by atoms with Crippen molar-refractivity contribution in [1.82, 2.24) is 0 Å². The summed E-state index contributed by atoms with van der Waals surface area (Å²) in [5.74, 6) is -0.1000. The molecule has 0 amide bonds. The third-order valence-electron chi connectivity index (χ3n) is 0.950. The number of rotatable bonds is 4. The average Bonchev–Trinajstić information content (AvgIpc) is 2.08. The summed E-state index contributed by atoms with van der Waals surface area (Å²) in [5, 5.41) is 8.27. The maximum absolute atomic E-state index is 10.1. The van der Waals surface area contributed by atoms with Crippen LogP contribution in [-0.4, -0.2) is 71.8 Å². The van der Waals surface area contributed by atoms with Crippen molar-refractivity contribution in [2.24, 2.45) is 5.73 Å². The molecule has 0 radical (unpaired) electrons. The topological polar surface area (TPSA) is 224 Å². The number of hydrogen-bond acceptors (Lipinski definition) is 7. The summed E-state index contributed by atoms with van der Waals surface area (Å²) in [6.45, 7) is 0. The van der Waals surface area contributed by atoms with Crippen molar-refractivity contribution in [3.63, 3.8) is 0 Å². The molecule has 0 bridgehead atoms. The van der Waals surface area contributed by atoms with Crippen LogP contribution >= 0.6 is 27.4 Å². The van der Waals surface area contributed by atoms with Gasteiger partial charge in [0.05, 0.1) is 0 Å². The van der Waals surface area contributed by atoms with Crippen molar-refractivity contribution in [1.29, 1.82) is 0 Å². The van der Waals surface area contributed by atoms with Crippen molar-refractivity contribution < 1.29 is 48.4 Å². The average molecular weight is 367 g/mol. The third-order valence-corrected chi connectivity index (χ3v) is 1.59. The van der Waals surface area contributed by atoms with Gasteiger partial charge in [0, 0.05) is 0 Å². The molecule has 0 aliphatic heterocycles. The molecular weight excluding hydrogens is 352 g/mol. The van der Waals surface area contributed by atoms with Crippen LogP contribution in [0.25, 0.3) is 0 Å². The molecule has 0 saturated heterocycles. The number of thioether (sulfide) groups is 1. The van der Waals surface area contributed by atoms with E-state index in [1.54, 1.807) is 11.8 Å². The molecule has 0 heterocycles. The molecule has 0 aromatic carbocycles. The zero-order valence-corrected chi connectivity index (χ0v) is 14.4. The molecule has 0 rings (SSSR count). The first-order valence-electron chi connectivity index (χ1n) is 4.19. The minimum Gasteiger partial charge on any atom is -0.756 e. The van der Waals surface area contributed by atoms with Gasteiger partial charge in [-0.3, -0.25) is 13.9 Å². The van der Waals surface area contributed by atoms with Gasteiger partial charge in [-0.05, 0) is 18.4 Å². The maximum Gasteiger partial charge on any atom is 2.00 e. The van der Waals surface area contributed by atoms with Crippen LogP contribution in [0.5, 0.6) is 0 Å². The van der Waals surface area contributed by atoms with Crippen LogP contribution in [0.15, 0.2) is 0 Å². The number of carbonyl (C=O) groups is 1. The molecular formula is C5H15MgNO10P2S. The Labute approximate surface area is 135 Å². The predicted molar refractivity (Wildman–Crippen MR) is 68.5 cm³/mol. The van der Waals surface area contributed by atoms with Crippen molar-refractivity contribution in [2.45, 2.75) is 12.5 Å². The summed E-state index contributed by atoms with van der Waals surface area (Å²) in [5.41, 5.74) is 5.19. The summed E-state index contributed by atoms with van der Waals surface area (Å²) in [7, 11) is -9.78. The van der Waals surface area contributed by atoms with E-state index in [4.69, 9.17) is 49.3 Å². The van der Waals surface area contributed by atoms with Crippen LogP contribution in [0.1, 0.15) is 6.42 Å². The second kappa shape index (κ2) is 14.7. The molecule has 0 spiro atoms. The van der Waals surface area contributed by atoms with Gasteiger partial charge < -0.3 is 40.2 Å². The smallest absolute Gasteiger partial charge is 0.756 e. The zero-order valence-electron chi connectivity index (χ0n) is 10.4. The second-order valence-electron chi connectivity index (χ2n) is 2.71. The van der Waals surface area contributed by atoms with Crippen LogP contribution in [0.2, 0.25) is 0 Å². The first-order valence-corrected chi connectivity index (χ1v) is 8.64. The zero-order chi connectivity index (χ0) is 16.3. The van der Waals surface area contributed by atoms with E-state index < -0.39 is 27.7 Å². The Hall–Kier alpha value is 0.766. The number of nitrogens with two attached hydrogens (primary N) is 1. The van der Waals surface area contributed by atoms with Gasteiger partial charge in [0.1, 0.15) is 6.04 Å². The Morgan fingerprint density at radius 1 is 1.20 bits per heavy atom. The van der Waals surface area contributed by atoms with Crippen molar-refractivity contribution in [2.75, 3.05) is 12.0 Å². The van der Waals surface area contributed by atoms with Crippen LogP contribution in [-0.2, 0) is 13.9 Å². The van der Waals surface area contributed by atoms with E-state index in [1.807, 2.05) is 6.26 Å². The van der Waals surface area contributed by atoms with E-state index in [0.717, 1.165) is 5.75 Å². The normalized spacial score (nSPS) is 11.8. The molecule has 11 nitrogen and oxygen atoms in total. The Morgan fingerprint density at radius 2 is 1.45 bits per heavy atom. The van der Waals surface area contributed by atoms with Gasteiger partial charge in [0.2, 0.25) is 0 Å². The SMILES string of the molecule is CSCCC(N)C(=O)O.O=P([O-])(O)O.O=P([O-])(O)O.[Mg+2]. The molecule has 0 saturated carbocycles. The van der Waals surface area contributed by atoms with Gasteiger partial charge in [-0.25, -0.2) is 0 Å². The first kappa shape index (κ1) is 28.9. The maximum atomic E-state index is 10.1. The Morgan fingerprint density at radius 3 is 1.60 bits per heavy atom. The van der Waals surface area contributed by atoms with Gasteiger partial charge >= 0.3 is 29.0 Å². The molecule has 1 atom stereocenters. The van der Waals surface area contributed by atoms with Crippen molar-refractivity contribution in [3.8, 4) is 0 Å². The molecule has 20 heavy (non-hydrogen) atoms. The van der Waals surface area contributed by atoms with E-state index in [0.29, 0.717) is 6.42 Å². The summed E-state index contributed by atoms with van der Waals surface area (Å²) in [4.78, 5) is 55.9. The summed E-state index contributed by atoms with van der Waals surface area (Å²) >= 11 is 1.60. The summed E-state index contributed by atoms with van der Waals surface area (Å²) < 4.78 is 17.5. The van der Waals surface area contributed by atoms with E-state index in [-0.39, 0.29) is 23.1 Å². The molecule has 0 aliphatic rings. The summed E-state index contributed by atoms with van der Waals surface area (Å²) in [6.07, 6.45) is 2.48. The minimum atomic E-state index is -4.89. The van der Waals surface area contributed by atoms with Gasteiger partial charge in [-0.15, -0.1) is 0 Å². The quantitative estimate of drug-likeness (QED) is 0.212. The number of aliphatic carboxylic acids is 1. The number of hydrogen-bond donors (Lipinski definition) is 6. The Kier molecular flexibility index (Phi) is 21.2. The van der Waals surface area contributed by atoms with Crippen LogP contribution < -0.4 is 15.5 Å². The standard InChI is InChI=1S/C5H11NO2S.Mg.2H3O4P/c1-9-3-2-4(6)5(7)8;;2*1-5(2,3)4/h4H,2-3,6H2,1H3,(H,7,8);;2*(H3,1,2,3,4)/q;+2;;/p-2. The molecule has 15 heteroatoms. The predicted octanol–water partition coefficient (Wildman–Crippen LogP) is -3.35. The fraction of sp³-hybridized carbons (Fsp3) is 0.800. The number of carboxylic acid groups (broad SMARTS) is 1. The molecule has 0 aromatic rings. The van der Waals surface area contributed by atoms with Gasteiger partial charge in [-0.2, -0.15) is 11.8 Å². The van der Waals surface area contributed by atoms with Crippen molar-refractivity contribution >= 4 is 56.4 Å². The molecule has 7 N–H and O–H groups in total. The molecule has 0 aromatic heterocycles. The van der Waals surface area contributed by atoms with E-state index in [1.165, 1.54) is 0 Å². The Bertz CT molecular complexity index is 295. The molecule has 0 fully saturated rings. The van der Waals surface area contributed by atoms with E-state index in [9.17, 15) is 4.79 Å². The molecule has 1 unspecified atom stereocenters. The molecule has 118 valence electrons. The van der Waals surface area contributed by atoms with Crippen LogP contribution in [0.4, 0.5) is 0 Å². The van der Waals surface area contributed by atoms with Gasteiger partial charge in [0.25, 0.3) is 15.6 Å². The van der Waals surface area contributed by atoms with E-state index in [2.05, 4.69) is 0 Å². The fourth-order valence-corrected chi connectivity index (χ4v) is 0.858. The van der Waals surface area contributed by atoms with Crippen LogP contribution in [0, 0.1) is 0 Å². The van der Waals surface area contributed by atoms with Crippen molar-refractivity contribution in [3.05, 3.63) is 0 Å². The van der Waals surface area contributed by atoms with E-state index >= 15 is 0 Å². The third kappa shape index (κ3) is 77.1. The van der Waals surface area contributed by atoms with Gasteiger partial charge in [0.15, 0.2) is 0 Å². The second-order valence-corrected chi connectivity index (χ2v) is 5.66. The minimum absolute atomic E-state index is 0. The Balaban J connectivity index is -0.000000101. The number of carboxylic acids is 1.